The van der Waals surface area contributed by atoms with Gasteiger partial charge in [-0.1, -0.05) is 334 Å². The molecule has 0 fully saturated rings. The number of esters is 1. The summed E-state index contributed by atoms with van der Waals surface area (Å²) >= 11 is 0. The van der Waals surface area contributed by atoms with Gasteiger partial charge >= 0.3 is 5.97 Å². The second kappa shape index (κ2) is 61.1. The topological polar surface area (TPSA) is 95.9 Å². The van der Waals surface area contributed by atoms with Crippen LogP contribution in [0, 0.1) is 0 Å². The predicted octanol–water partition coefficient (Wildman–Crippen LogP) is 20.4. The van der Waals surface area contributed by atoms with E-state index in [-0.39, 0.29) is 18.5 Å². The number of amides is 1. The Morgan fingerprint density at radius 3 is 0.958 bits per heavy atom. The van der Waals surface area contributed by atoms with E-state index >= 15 is 0 Å². The van der Waals surface area contributed by atoms with Crippen molar-refractivity contribution in [2.45, 2.75) is 379 Å². The molecule has 1 amide bonds. The molecule has 6 nitrogen and oxygen atoms in total. The first-order valence-corrected chi connectivity index (χ1v) is 32.5. The summed E-state index contributed by atoms with van der Waals surface area (Å²) in [5.74, 6) is -0.0610. The average Bonchev–Trinajstić information content (AvgIpc) is 3.37. The summed E-state index contributed by atoms with van der Waals surface area (Å²) in [6, 6.07) is -0.632. The molecule has 71 heavy (non-hydrogen) atoms. The number of rotatable bonds is 61. The van der Waals surface area contributed by atoms with Crippen LogP contribution in [-0.2, 0) is 14.3 Å². The molecule has 2 atom stereocenters. The van der Waals surface area contributed by atoms with Gasteiger partial charge in [-0.2, -0.15) is 0 Å². The summed E-state index contributed by atoms with van der Waals surface area (Å²) in [5, 5.41) is 23.2. The molecule has 0 rings (SSSR count). The van der Waals surface area contributed by atoms with E-state index in [2.05, 4.69) is 19.2 Å². The molecule has 0 aliphatic heterocycles. The standard InChI is InChI=1S/C65H127NO5/c1-3-5-7-9-11-13-15-17-19-20-21-22-23-24-25-27-30-33-37-41-45-49-53-57-63(68)62(61-67)66-64(69)58-54-50-46-42-38-34-31-28-26-29-32-36-40-44-48-52-56-60-71-65(70)59-55-51-47-43-39-35-18-16-14-12-10-8-6-4-2/h53,57,62-63,67-68H,3-52,54-56,58-61H2,1-2H3,(H,66,69)/b57-53+. The molecule has 0 aromatic heterocycles. The molecular formula is C65H127NO5. The lowest BCUT2D eigenvalue weighted by Crippen LogP contribution is -2.45. The van der Waals surface area contributed by atoms with Crippen molar-refractivity contribution in [2.24, 2.45) is 0 Å². The third-order valence-electron chi connectivity index (χ3n) is 15.3. The first kappa shape index (κ1) is 69.6. The SMILES string of the molecule is CCCCCCCCCCCCCCCCCCCCCCC/C=C/C(O)C(CO)NC(=O)CCCCCCCCCCCCCCCCCCCOC(=O)CCCCCCCCCCCCCCCC. The van der Waals surface area contributed by atoms with E-state index in [0.29, 0.717) is 19.4 Å². The summed E-state index contributed by atoms with van der Waals surface area (Å²) in [7, 11) is 0. The van der Waals surface area contributed by atoms with Gasteiger partial charge in [0.1, 0.15) is 0 Å². The Balaban J connectivity index is 3.43. The molecule has 0 spiro atoms. The fraction of sp³-hybridized carbons (Fsp3) is 0.938. The maximum Gasteiger partial charge on any atom is 0.305 e. The number of allylic oxidation sites excluding steroid dienone is 1. The van der Waals surface area contributed by atoms with Crippen molar-refractivity contribution < 1.29 is 24.5 Å². The summed E-state index contributed by atoms with van der Waals surface area (Å²) in [5.41, 5.74) is 0. The maximum absolute atomic E-state index is 12.5. The second-order valence-corrected chi connectivity index (χ2v) is 22.5. The Morgan fingerprint density at radius 1 is 0.380 bits per heavy atom. The minimum absolute atomic E-state index is 0.00782. The number of aliphatic hydroxyl groups is 2. The highest BCUT2D eigenvalue weighted by molar-refractivity contribution is 5.76. The molecule has 6 heteroatoms. The Hall–Kier alpha value is -1.40. The number of ether oxygens (including phenoxy) is 1. The molecule has 3 N–H and O–H groups in total. The minimum Gasteiger partial charge on any atom is -0.466 e. The summed E-state index contributed by atoms with van der Waals surface area (Å²) < 4.78 is 5.48. The Kier molecular flexibility index (Phi) is 59.9. The van der Waals surface area contributed by atoms with Crippen molar-refractivity contribution in [1.29, 1.82) is 0 Å². The first-order chi connectivity index (χ1) is 35.0. The molecule has 0 heterocycles. The van der Waals surface area contributed by atoms with Crippen LogP contribution in [-0.4, -0.2) is 47.4 Å². The molecular weight excluding hydrogens is 875 g/mol. The first-order valence-electron chi connectivity index (χ1n) is 32.5. The molecule has 0 radical (unpaired) electrons. The van der Waals surface area contributed by atoms with Crippen molar-refractivity contribution in [3.63, 3.8) is 0 Å². The van der Waals surface area contributed by atoms with Crippen LogP contribution in [0.3, 0.4) is 0 Å². The Labute approximate surface area is 444 Å². The number of nitrogens with one attached hydrogen (secondary N) is 1. The summed E-state index contributed by atoms with van der Waals surface area (Å²) in [4.78, 5) is 24.6. The molecule has 0 saturated heterocycles. The summed E-state index contributed by atoms with van der Waals surface area (Å²) in [6.07, 6.45) is 74.0. The molecule has 422 valence electrons. The van der Waals surface area contributed by atoms with Gasteiger partial charge in [-0.15, -0.1) is 0 Å². The van der Waals surface area contributed by atoms with Crippen LogP contribution in [0.5, 0.6) is 0 Å². The van der Waals surface area contributed by atoms with E-state index < -0.39 is 12.1 Å². The van der Waals surface area contributed by atoms with Gasteiger partial charge in [-0.25, -0.2) is 0 Å². The Morgan fingerprint density at radius 2 is 0.648 bits per heavy atom. The van der Waals surface area contributed by atoms with E-state index in [4.69, 9.17) is 4.74 Å². The fourth-order valence-electron chi connectivity index (χ4n) is 10.3. The van der Waals surface area contributed by atoms with Crippen LogP contribution in [0.15, 0.2) is 12.2 Å². The van der Waals surface area contributed by atoms with Crippen molar-refractivity contribution >= 4 is 11.9 Å². The maximum atomic E-state index is 12.5. The normalized spacial score (nSPS) is 12.6. The summed E-state index contributed by atoms with van der Waals surface area (Å²) in [6.45, 7) is 4.93. The highest BCUT2D eigenvalue weighted by atomic mass is 16.5. The van der Waals surface area contributed by atoms with Gasteiger partial charge in [-0.3, -0.25) is 9.59 Å². The quantitative estimate of drug-likeness (QED) is 0.0320. The molecule has 0 aromatic carbocycles. The number of carbonyl (C=O) groups is 2. The fourth-order valence-corrected chi connectivity index (χ4v) is 10.3. The third kappa shape index (κ3) is 57.7. The lowest BCUT2D eigenvalue weighted by Gasteiger charge is -2.20. The van der Waals surface area contributed by atoms with E-state index in [1.54, 1.807) is 6.08 Å². The minimum atomic E-state index is -0.848. The molecule has 0 bridgehead atoms. The largest absolute Gasteiger partial charge is 0.466 e. The smallest absolute Gasteiger partial charge is 0.305 e. The van der Waals surface area contributed by atoms with Crippen LogP contribution < -0.4 is 5.32 Å². The van der Waals surface area contributed by atoms with Crippen molar-refractivity contribution in [1.82, 2.24) is 5.32 Å². The second-order valence-electron chi connectivity index (χ2n) is 22.5. The molecule has 0 aromatic rings. The number of hydrogen-bond acceptors (Lipinski definition) is 5. The number of carbonyl (C=O) groups excluding carboxylic acids is 2. The van der Waals surface area contributed by atoms with Gasteiger partial charge in [-0.05, 0) is 32.1 Å². The van der Waals surface area contributed by atoms with Gasteiger partial charge in [0.05, 0.1) is 25.4 Å². The van der Waals surface area contributed by atoms with E-state index in [1.807, 2.05) is 6.08 Å². The van der Waals surface area contributed by atoms with Crippen LogP contribution >= 0.6 is 0 Å². The Bertz CT molecular complexity index is 1060. The zero-order valence-electron chi connectivity index (χ0n) is 48.2. The number of aliphatic hydroxyl groups excluding tert-OH is 2. The highest BCUT2D eigenvalue weighted by Gasteiger charge is 2.18. The predicted molar refractivity (Wildman–Crippen MR) is 310 cm³/mol. The molecule has 0 saturated carbocycles. The van der Waals surface area contributed by atoms with Crippen molar-refractivity contribution in [2.75, 3.05) is 13.2 Å². The van der Waals surface area contributed by atoms with Crippen LogP contribution in [0.25, 0.3) is 0 Å². The van der Waals surface area contributed by atoms with Gasteiger partial charge in [0.25, 0.3) is 0 Å². The van der Waals surface area contributed by atoms with Gasteiger partial charge < -0.3 is 20.3 Å². The molecule has 2 unspecified atom stereocenters. The van der Waals surface area contributed by atoms with Gasteiger partial charge in [0.2, 0.25) is 5.91 Å². The monoisotopic (exact) mass is 1000 g/mol. The van der Waals surface area contributed by atoms with Crippen molar-refractivity contribution in [3.05, 3.63) is 12.2 Å². The molecule has 0 aliphatic carbocycles. The zero-order valence-corrected chi connectivity index (χ0v) is 48.2. The van der Waals surface area contributed by atoms with Crippen LogP contribution in [0.1, 0.15) is 367 Å². The highest BCUT2D eigenvalue weighted by Crippen LogP contribution is 2.18. The van der Waals surface area contributed by atoms with Gasteiger partial charge in [0.15, 0.2) is 0 Å². The number of hydrogen-bond donors (Lipinski definition) is 3. The van der Waals surface area contributed by atoms with E-state index in [0.717, 1.165) is 38.5 Å². The third-order valence-corrected chi connectivity index (χ3v) is 15.3. The van der Waals surface area contributed by atoms with Crippen LogP contribution in [0.4, 0.5) is 0 Å². The molecule has 0 aliphatic rings. The number of unbranched alkanes of at least 4 members (excludes halogenated alkanes) is 50. The van der Waals surface area contributed by atoms with Crippen LogP contribution in [0.2, 0.25) is 0 Å². The van der Waals surface area contributed by atoms with E-state index in [9.17, 15) is 19.8 Å². The van der Waals surface area contributed by atoms with Crippen molar-refractivity contribution in [3.8, 4) is 0 Å². The van der Waals surface area contributed by atoms with E-state index in [1.165, 1.54) is 302 Å². The zero-order chi connectivity index (χ0) is 51.4. The lowest BCUT2D eigenvalue weighted by molar-refractivity contribution is -0.143. The van der Waals surface area contributed by atoms with Gasteiger partial charge in [0, 0.05) is 12.8 Å². The average molecular weight is 1000 g/mol. The lowest BCUT2D eigenvalue weighted by atomic mass is 10.0.